The second-order valence-electron chi connectivity index (χ2n) is 6.16. The molecule has 0 bridgehead atoms. The van der Waals surface area contributed by atoms with Gasteiger partial charge in [0.15, 0.2) is 5.44 Å². The van der Waals surface area contributed by atoms with Gasteiger partial charge in [0.05, 0.1) is 10.8 Å². The first-order valence-corrected chi connectivity index (χ1v) is 10.0. The number of piperazine rings is 1. The lowest BCUT2D eigenvalue weighted by Gasteiger charge is -2.31. The number of aryl methyl sites for hydroxylation is 1. The van der Waals surface area contributed by atoms with Gasteiger partial charge in [0.25, 0.3) is 0 Å². The van der Waals surface area contributed by atoms with Gasteiger partial charge in [0.1, 0.15) is 0 Å². The Morgan fingerprint density at radius 2 is 1.88 bits per heavy atom. The molecule has 2 aromatic rings. The van der Waals surface area contributed by atoms with Crippen molar-refractivity contribution >= 4 is 16.5 Å². The van der Waals surface area contributed by atoms with Crippen molar-refractivity contribution in [1.29, 1.82) is 0 Å². The standard InChI is InChI=1S/C20H26N2O2S/c1-3-16-15-18(9-10-19(16)22-13-11-21-12-14-22)25(23)20(24-2)17-7-5-4-6-8-17/h4-10,15,20-21H,3,11-14H2,1-2H3. The summed E-state index contributed by atoms with van der Waals surface area (Å²) < 4.78 is 18.6. The van der Waals surface area contributed by atoms with Crippen LogP contribution >= 0.6 is 0 Å². The lowest BCUT2D eigenvalue weighted by atomic mass is 10.1. The Balaban J connectivity index is 1.87. The van der Waals surface area contributed by atoms with Crippen LogP contribution in [0.3, 0.4) is 0 Å². The van der Waals surface area contributed by atoms with Crippen LogP contribution in [-0.4, -0.2) is 37.5 Å². The van der Waals surface area contributed by atoms with Crippen molar-refractivity contribution in [3.05, 3.63) is 59.7 Å². The minimum absolute atomic E-state index is 0.448. The number of hydrogen-bond acceptors (Lipinski definition) is 4. The predicted molar refractivity (Wildman–Crippen MR) is 104 cm³/mol. The third kappa shape index (κ3) is 4.11. The lowest BCUT2D eigenvalue weighted by molar-refractivity contribution is 0.171. The molecular weight excluding hydrogens is 332 g/mol. The fourth-order valence-corrected chi connectivity index (χ4v) is 4.55. The van der Waals surface area contributed by atoms with Gasteiger partial charge < -0.3 is 15.0 Å². The molecule has 1 fully saturated rings. The Bertz CT molecular complexity index is 715. The number of hydrogen-bond donors (Lipinski definition) is 1. The minimum atomic E-state index is -1.25. The molecule has 4 nitrogen and oxygen atoms in total. The Morgan fingerprint density at radius 1 is 1.16 bits per heavy atom. The zero-order valence-electron chi connectivity index (χ0n) is 14.9. The first kappa shape index (κ1) is 18.1. The van der Waals surface area contributed by atoms with Crippen LogP contribution < -0.4 is 10.2 Å². The normalized spacial score (nSPS) is 17.3. The Kier molecular flexibility index (Phi) is 6.24. The molecule has 3 rings (SSSR count). The van der Waals surface area contributed by atoms with E-state index in [1.807, 2.05) is 36.4 Å². The number of nitrogens with zero attached hydrogens (tertiary/aromatic N) is 1. The van der Waals surface area contributed by atoms with Crippen LogP contribution in [0.25, 0.3) is 0 Å². The van der Waals surface area contributed by atoms with Gasteiger partial charge in [0, 0.05) is 43.9 Å². The molecule has 1 saturated heterocycles. The SMILES string of the molecule is CCc1cc(S(=O)C(OC)c2ccccc2)ccc1N1CCNCC1. The van der Waals surface area contributed by atoms with E-state index in [1.165, 1.54) is 11.3 Å². The Hall–Kier alpha value is -1.69. The topological polar surface area (TPSA) is 41.6 Å². The number of rotatable bonds is 6. The van der Waals surface area contributed by atoms with E-state index in [0.717, 1.165) is 43.1 Å². The summed E-state index contributed by atoms with van der Waals surface area (Å²) in [5.41, 5.74) is 3.00. The molecule has 5 heteroatoms. The van der Waals surface area contributed by atoms with E-state index >= 15 is 0 Å². The fourth-order valence-electron chi connectivity index (χ4n) is 3.27. The zero-order valence-corrected chi connectivity index (χ0v) is 15.7. The highest BCUT2D eigenvalue weighted by atomic mass is 32.2. The number of anilines is 1. The van der Waals surface area contributed by atoms with Crippen LogP contribution in [-0.2, 0) is 22.0 Å². The Labute approximate surface area is 152 Å². The predicted octanol–water partition coefficient (Wildman–Crippen LogP) is 3.11. The summed E-state index contributed by atoms with van der Waals surface area (Å²) in [5.74, 6) is 0. The molecule has 1 aliphatic heterocycles. The molecule has 1 N–H and O–H groups in total. The van der Waals surface area contributed by atoms with Crippen LogP contribution in [0.1, 0.15) is 23.5 Å². The van der Waals surface area contributed by atoms with Crippen molar-refractivity contribution in [2.75, 3.05) is 38.2 Å². The maximum atomic E-state index is 13.1. The van der Waals surface area contributed by atoms with Gasteiger partial charge in [-0.1, -0.05) is 37.3 Å². The summed E-state index contributed by atoms with van der Waals surface area (Å²) in [6.45, 7) is 6.20. The molecule has 2 unspecified atom stereocenters. The molecule has 2 aromatic carbocycles. The summed E-state index contributed by atoms with van der Waals surface area (Å²) in [5, 5.41) is 3.39. The quantitative estimate of drug-likeness (QED) is 0.861. The average molecular weight is 359 g/mol. The molecule has 0 radical (unpaired) electrons. The van der Waals surface area contributed by atoms with E-state index in [4.69, 9.17) is 4.74 Å². The van der Waals surface area contributed by atoms with E-state index < -0.39 is 16.2 Å². The monoisotopic (exact) mass is 358 g/mol. The lowest BCUT2D eigenvalue weighted by Crippen LogP contribution is -2.43. The van der Waals surface area contributed by atoms with Crippen molar-refractivity contribution in [1.82, 2.24) is 5.32 Å². The van der Waals surface area contributed by atoms with E-state index in [-0.39, 0.29) is 0 Å². The molecule has 25 heavy (non-hydrogen) atoms. The van der Waals surface area contributed by atoms with E-state index in [0.29, 0.717) is 0 Å². The number of nitrogens with one attached hydrogen (secondary N) is 1. The minimum Gasteiger partial charge on any atom is -0.369 e. The van der Waals surface area contributed by atoms with Crippen molar-refractivity contribution < 1.29 is 8.95 Å². The molecule has 0 amide bonds. The summed E-state index contributed by atoms with van der Waals surface area (Å²) in [7, 11) is 0.366. The summed E-state index contributed by atoms with van der Waals surface area (Å²) in [4.78, 5) is 3.24. The maximum absolute atomic E-state index is 13.1. The highest BCUT2D eigenvalue weighted by Gasteiger charge is 2.22. The summed E-state index contributed by atoms with van der Waals surface area (Å²) in [6, 6.07) is 16.0. The van der Waals surface area contributed by atoms with Crippen LogP contribution in [0.2, 0.25) is 0 Å². The fraction of sp³-hybridized carbons (Fsp3) is 0.400. The maximum Gasteiger partial charge on any atom is 0.161 e. The van der Waals surface area contributed by atoms with Crippen LogP contribution in [0.15, 0.2) is 53.4 Å². The molecule has 1 aliphatic rings. The smallest absolute Gasteiger partial charge is 0.161 e. The van der Waals surface area contributed by atoms with Crippen LogP contribution in [0.5, 0.6) is 0 Å². The van der Waals surface area contributed by atoms with Gasteiger partial charge in [-0.25, -0.2) is 0 Å². The van der Waals surface area contributed by atoms with E-state index in [1.54, 1.807) is 7.11 Å². The molecule has 0 spiro atoms. The zero-order chi connectivity index (χ0) is 17.6. The van der Waals surface area contributed by atoms with Crippen molar-refractivity contribution in [3.8, 4) is 0 Å². The molecular formula is C20H26N2O2S. The van der Waals surface area contributed by atoms with E-state index in [2.05, 4.69) is 29.3 Å². The second kappa shape index (κ2) is 8.61. The van der Waals surface area contributed by atoms with Crippen LogP contribution in [0, 0.1) is 0 Å². The van der Waals surface area contributed by atoms with E-state index in [9.17, 15) is 4.21 Å². The first-order valence-electron chi connectivity index (χ1n) is 8.81. The molecule has 134 valence electrons. The van der Waals surface area contributed by atoms with Gasteiger partial charge in [-0.15, -0.1) is 0 Å². The molecule has 0 saturated carbocycles. The van der Waals surface area contributed by atoms with Gasteiger partial charge >= 0.3 is 0 Å². The number of benzene rings is 2. The second-order valence-corrected chi connectivity index (χ2v) is 7.65. The van der Waals surface area contributed by atoms with Gasteiger partial charge in [-0.05, 0) is 35.7 Å². The van der Waals surface area contributed by atoms with Crippen molar-refractivity contribution in [2.24, 2.45) is 0 Å². The van der Waals surface area contributed by atoms with Gasteiger partial charge in [-0.2, -0.15) is 0 Å². The van der Waals surface area contributed by atoms with Gasteiger partial charge in [-0.3, -0.25) is 4.21 Å². The summed E-state index contributed by atoms with van der Waals surface area (Å²) in [6.07, 6.45) is 0.924. The highest BCUT2D eigenvalue weighted by Crippen LogP contribution is 2.30. The molecule has 1 heterocycles. The molecule has 2 atom stereocenters. The highest BCUT2D eigenvalue weighted by molar-refractivity contribution is 7.85. The van der Waals surface area contributed by atoms with Crippen molar-refractivity contribution in [3.63, 3.8) is 0 Å². The third-order valence-corrected chi connectivity index (χ3v) is 6.17. The third-order valence-electron chi connectivity index (χ3n) is 4.60. The molecule has 0 aliphatic carbocycles. The summed E-state index contributed by atoms with van der Waals surface area (Å²) >= 11 is 0. The first-order chi connectivity index (χ1) is 12.2. The molecule has 0 aromatic heterocycles. The van der Waals surface area contributed by atoms with Crippen molar-refractivity contribution in [2.45, 2.75) is 23.7 Å². The Morgan fingerprint density at radius 3 is 2.52 bits per heavy atom. The number of methoxy groups -OCH3 is 1. The average Bonchev–Trinajstić information content (AvgIpc) is 2.69. The van der Waals surface area contributed by atoms with Crippen LogP contribution in [0.4, 0.5) is 5.69 Å². The largest absolute Gasteiger partial charge is 0.369 e. The number of ether oxygens (including phenoxy) is 1. The van der Waals surface area contributed by atoms with Gasteiger partial charge in [0.2, 0.25) is 0 Å².